The third kappa shape index (κ3) is 3.67. The molecule has 10 nitrogen and oxygen atoms in total. The lowest BCUT2D eigenvalue weighted by Gasteiger charge is -2.47. The standard InChI is InChI=1S/C23H19BrN2O8/c1-34-23(33)26-17(21(29)30)10-14-13(7-4-8-15(14)24)19(26)18-12-6-3-2-5-11(12)9-16(20(27)28)25(18)22(31)32/h2-9,17-19H,10H2,1H3,(H,27,28)(H,29,30)(H,31,32)/t17-,18?,19?/m1/s1. The van der Waals surface area contributed by atoms with Crippen LogP contribution in [0.25, 0.3) is 6.08 Å². The summed E-state index contributed by atoms with van der Waals surface area (Å²) in [6.45, 7) is 0. The summed E-state index contributed by atoms with van der Waals surface area (Å²) in [5.74, 6) is -2.79. The van der Waals surface area contributed by atoms with E-state index < -0.39 is 47.9 Å². The van der Waals surface area contributed by atoms with Crippen LogP contribution >= 0.6 is 15.9 Å². The first-order chi connectivity index (χ1) is 16.2. The number of carboxylic acid groups (broad SMARTS) is 3. The first-order valence-corrected chi connectivity index (χ1v) is 10.9. The van der Waals surface area contributed by atoms with Crippen LogP contribution in [0.1, 0.15) is 34.3 Å². The van der Waals surface area contributed by atoms with Crippen LogP contribution in [0.5, 0.6) is 0 Å². The van der Waals surface area contributed by atoms with E-state index in [9.17, 15) is 34.5 Å². The molecule has 0 aromatic heterocycles. The van der Waals surface area contributed by atoms with Crippen LogP contribution in [-0.4, -0.2) is 62.4 Å². The second-order valence-electron chi connectivity index (χ2n) is 7.75. The van der Waals surface area contributed by atoms with Crippen LogP contribution in [0.15, 0.2) is 52.6 Å². The summed E-state index contributed by atoms with van der Waals surface area (Å²) in [6.07, 6.45) is -1.35. The quantitative estimate of drug-likeness (QED) is 0.544. The van der Waals surface area contributed by atoms with Gasteiger partial charge in [-0.2, -0.15) is 0 Å². The second-order valence-corrected chi connectivity index (χ2v) is 8.60. The molecular weight excluding hydrogens is 512 g/mol. The molecule has 2 aliphatic heterocycles. The van der Waals surface area contributed by atoms with E-state index in [-0.39, 0.29) is 6.42 Å². The van der Waals surface area contributed by atoms with Crippen molar-refractivity contribution in [3.05, 3.63) is 74.9 Å². The maximum atomic E-state index is 13.0. The Morgan fingerprint density at radius 1 is 0.971 bits per heavy atom. The van der Waals surface area contributed by atoms with E-state index >= 15 is 0 Å². The van der Waals surface area contributed by atoms with E-state index in [0.717, 1.165) is 12.0 Å². The fraction of sp³-hybridized carbons (Fsp3) is 0.217. The van der Waals surface area contributed by atoms with Gasteiger partial charge in [-0.25, -0.2) is 19.2 Å². The van der Waals surface area contributed by atoms with Gasteiger partial charge < -0.3 is 20.1 Å². The highest BCUT2D eigenvalue weighted by Gasteiger charge is 2.51. The van der Waals surface area contributed by atoms with Crippen LogP contribution in [0, 0.1) is 0 Å². The number of hydrogen-bond donors (Lipinski definition) is 3. The summed E-state index contributed by atoms with van der Waals surface area (Å²) in [4.78, 5) is 51.4. The molecule has 0 radical (unpaired) electrons. The minimum Gasteiger partial charge on any atom is -0.480 e. The van der Waals surface area contributed by atoms with Crippen molar-refractivity contribution in [3.8, 4) is 0 Å². The molecule has 2 aromatic carbocycles. The van der Waals surface area contributed by atoms with Gasteiger partial charge in [0.1, 0.15) is 11.7 Å². The van der Waals surface area contributed by atoms with E-state index in [1.165, 1.54) is 6.08 Å². The third-order valence-electron chi connectivity index (χ3n) is 6.05. The molecule has 0 saturated heterocycles. The van der Waals surface area contributed by atoms with Gasteiger partial charge in [0.25, 0.3) is 0 Å². The first kappa shape index (κ1) is 23.3. The number of aliphatic carboxylic acids is 2. The Labute approximate surface area is 201 Å². The van der Waals surface area contributed by atoms with E-state index in [0.29, 0.717) is 31.6 Å². The largest absolute Gasteiger partial charge is 0.480 e. The van der Waals surface area contributed by atoms with Gasteiger partial charge in [-0.05, 0) is 34.4 Å². The Morgan fingerprint density at radius 2 is 1.65 bits per heavy atom. The Kier molecular flexibility index (Phi) is 6.05. The minimum absolute atomic E-state index is 0.0548. The predicted octanol–water partition coefficient (Wildman–Crippen LogP) is 3.73. The van der Waals surface area contributed by atoms with Gasteiger partial charge >= 0.3 is 24.1 Å². The summed E-state index contributed by atoms with van der Waals surface area (Å²) in [5, 5.41) is 29.9. The molecule has 2 heterocycles. The number of methoxy groups -OCH3 is 1. The lowest BCUT2D eigenvalue weighted by atomic mass is 9.79. The number of amides is 2. The van der Waals surface area contributed by atoms with Crippen molar-refractivity contribution >= 4 is 46.1 Å². The molecule has 3 atom stereocenters. The topological polar surface area (TPSA) is 145 Å². The monoisotopic (exact) mass is 530 g/mol. The van der Waals surface area contributed by atoms with Crippen molar-refractivity contribution in [2.75, 3.05) is 7.11 Å². The van der Waals surface area contributed by atoms with Gasteiger partial charge in [-0.3, -0.25) is 9.80 Å². The molecule has 2 unspecified atom stereocenters. The molecule has 0 fully saturated rings. The van der Waals surface area contributed by atoms with Crippen molar-refractivity contribution in [2.45, 2.75) is 24.5 Å². The highest BCUT2D eigenvalue weighted by Crippen LogP contribution is 2.49. The van der Waals surface area contributed by atoms with Crippen LogP contribution < -0.4 is 0 Å². The molecule has 11 heteroatoms. The average Bonchev–Trinajstić information content (AvgIpc) is 2.81. The zero-order valence-electron chi connectivity index (χ0n) is 17.7. The van der Waals surface area contributed by atoms with Crippen molar-refractivity contribution in [1.29, 1.82) is 0 Å². The molecule has 4 rings (SSSR count). The number of carbonyl (C=O) groups is 4. The van der Waals surface area contributed by atoms with Gasteiger partial charge in [-0.15, -0.1) is 0 Å². The smallest absolute Gasteiger partial charge is 0.412 e. The van der Waals surface area contributed by atoms with Crippen LogP contribution in [0.4, 0.5) is 9.59 Å². The summed E-state index contributed by atoms with van der Waals surface area (Å²) < 4.78 is 5.50. The summed E-state index contributed by atoms with van der Waals surface area (Å²) in [5.41, 5.74) is 1.41. The summed E-state index contributed by atoms with van der Waals surface area (Å²) >= 11 is 3.43. The van der Waals surface area contributed by atoms with E-state index in [4.69, 9.17) is 4.74 Å². The van der Waals surface area contributed by atoms with Crippen molar-refractivity contribution in [2.24, 2.45) is 0 Å². The van der Waals surface area contributed by atoms with Crippen molar-refractivity contribution in [3.63, 3.8) is 0 Å². The van der Waals surface area contributed by atoms with Crippen LogP contribution in [-0.2, 0) is 20.7 Å². The van der Waals surface area contributed by atoms with Gasteiger partial charge in [0.05, 0.1) is 19.2 Å². The van der Waals surface area contributed by atoms with E-state index in [1.807, 2.05) is 0 Å². The molecule has 176 valence electrons. The predicted molar refractivity (Wildman–Crippen MR) is 121 cm³/mol. The number of rotatable bonds is 3. The van der Waals surface area contributed by atoms with Gasteiger partial charge in [0.15, 0.2) is 0 Å². The first-order valence-electron chi connectivity index (χ1n) is 10.1. The maximum Gasteiger partial charge on any atom is 0.412 e. The molecule has 0 saturated carbocycles. The number of benzene rings is 2. The number of hydrogen-bond acceptors (Lipinski definition) is 5. The van der Waals surface area contributed by atoms with E-state index in [1.54, 1.807) is 42.5 Å². The number of halogens is 1. The third-order valence-corrected chi connectivity index (χ3v) is 6.79. The number of carboxylic acids is 2. The number of carbonyl (C=O) groups excluding carboxylic acids is 1. The zero-order chi connectivity index (χ0) is 24.7. The Hall–Kier alpha value is -3.86. The van der Waals surface area contributed by atoms with Gasteiger partial charge in [0, 0.05) is 10.9 Å². The molecule has 3 N–H and O–H groups in total. The zero-order valence-corrected chi connectivity index (χ0v) is 19.3. The lowest BCUT2D eigenvalue weighted by Crippen LogP contribution is -2.55. The molecule has 34 heavy (non-hydrogen) atoms. The van der Waals surface area contributed by atoms with Crippen LogP contribution in [0.2, 0.25) is 0 Å². The molecule has 2 aliphatic rings. The Balaban J connectivity index is 2.07. The van der Waals surface area contributed by atoms with Crippen molar-refractivity contribution in [1.82, 2.24) is 9.80 Å². The molecule has 0 bridgehead atoms. The maximum absolute atomic E-state index is 13.0. The number of ether oxygens (including phenoxy) is 1. The highest BCUT2D eigenvalue weighted by molar-refractivity contribution is 9.10. The second kappa shape index (κ2) is 8.82. The SMILES string of the molecule is COC(=O)N1C(C2c3ccccc3C=C(C(=O)O)N2C(=O)O)c2cccc(Br)c2C[C@@H]1C(=O)O. The summed E-state index contributed by atoms with van der Waals surface area (Å²) in [6, 6.07) is 7.81. The Morgan fingerprint density at radius 3 is 2.26 bits per heavy atom. The minimum atomic E-state index is -1.56. The average molecular weight is 531 g/mol. The normalized spacial score (nSPS) is 21.1. The molecule has 2 amide bonds. The lowest BCUT2D eigenvalue weighted by molar-refractivity contribution is -0.145. The van der Waals surface area contributed by atoms with E-state index in [2.05, 4.69) is 15.9 Å². The molecular formula is C23H19BrN2O8. The molecule has 2 aromatic rings. The summed E-state index contributed by atoms with van der Waals surface area (Å²) in [7, 11) is 1.10. The van der Waals surface area contributed by atoms with Gasteiger partial charge in [-0.1, -0.05) is 52.3 Å². The van der Waals surface area contributed by atoms with Gasteiger partial charge in [0.2, 0.25) is 0 Å². The Bertz CT molecular complexity index is 1240. The highest BCUT2D eigenvalue weighted by atomic mass is 79.9. The molecule has 0 aliphatic carbocycles. The fourth-order valence-corrected chi connectivity index (χ4v) is 5.24. The number of nitrogens with zero attached hydrogens (tertiary/aromatic N) is 2. The van der Waals surface area contributed by atoms with Crippen molar-refractivity contribution < 1.29 is 39.2 Å². The molecule has 0 spiro atoms. The fourth-order valence-electron chi connectivity index (χ4n) is 4.69. The van der Waals surface area contributed by atoms with Crippen LogP contribution in [0.3, 0.4) is 0 Å². The number of fused-ring (bicyclic) bond motifs is 2.